The van der Waals surface area contributed by atoms with Crippen LogP contribution in [-0.2, 0) is 18.5 Å². The van der Waals surface area contributed by atoms with Gasteiger partial charge in [-0.1, -0.05) is 20.8 Å². The van der Waals surface area contributed by atoms with Crippen LogP contribution in [-0.4, -0.2) is 52.3 Å². The van der Waals surface area contributed by atoms with Crippen molar-refractivity contribution in [2.45, 2.75) is 39.3 Å². The molecule has 152 valence electrons. The second kappa shape index (κ2) is 8.49. The Kier molecular flexibility index (Phi) is 6.25. The van der Waals surface area contributed by atoms with Crippen molar-refractivity contribution in [1.29, 1.82) is 0 Å². The van der Waals surface area contributed by atoms with Crippen molar-refractivity contribution in [3.8, 4) is 0 Å². The molecule has 7 heteroatoms. The number of rotatable bonds is 5. The summed E-state index contributed by atoms with van der Waals surface area (Å²) in [7, 11) is 0. The highest BCUT2D eigenvalue weighted by molar-refractivity contribution is 5.18. The smallest absolute Gasteiger partial charge is 0.266 e. The van der Waals surface area contributed by atoms with E-state index in [9.17, 15) is 13.6 Å². The van der Waals surface area contributed by atoms with E-state index in [1.54, 1.807) is 12.1 Å². The Morgan fingerprint density at radius 2 is 1.64 bits per heavy atom. The van der Waals surface area contributed by atoms with E-state index in [1.807, 2.05) is 0 Å². The number of nitrogens with zero attached hydrogens (tertiary/aromatic N) is 4. The van der Waals surface area contributed by atoms with Crippen molar-refractivity contribution in [1.82, 2.24) is 19.6 Å². The number of piperazine rings is 1. The molecule has 3 rings (SSSR count). The number of benzene rings is 1. The van der Waals surface area contributed by atoms with Crippen LogP contribution in [0.4, 0.5) is 8.78 Å². The fourth-order valence-electron chi connectivity index (χ4n) is 3.32. The van der Waals surface area contributed by atoms with Gasteiger partial charge in [-0.15, -0.1) is 0 Å². The van der Waals surface area contributed by atoms with Gasteiger partial charge in [-0.2, -0.15) is 5.10 Å². The van der Waals surface area contributed by atoms with Gasteiger partial charge in [0.1, 0.15) is 11.6 Å². The standard InChI is InChI=1S/C21H28F2N4O/c1-21(2,3)19-6-7-20(28)27(24-19)13-12-25-8-10-26(11-9-25)15-16-14-17(22)4-5-18(16)23/h4-7,14H,8-13,15H2,1-3H3. The number of hydrogen-bond donors (Lipinski definition) is 0. The summed E-state index contributed by atoms with van der Waals surface area (Å²) in [5, 5.41) is 4.51. The molecule has 0 bridgehead atoms. The maximum absolute atomic E-state index is 13.8. The predicted octanol–water partition coefficient (Wildman–Crippen LogP) is 2.64. The van der Waals surface area contributed by atoms with Crippen LogP contribution in [0.15, 0.2) is 35.1 Å². The second-order valence-electron chi connectivity index (χ2n) is 8.38. The van der Waals surface area contributed by atoms with Crippen LogP contribution < -0.4 is 5.56 Å². The lowest BCUT2D eigenvalue weighted by atomic mass is 9.92. The van der Waals surface area contributed by atoms with Crippen molar-refractivity contribution in [2.75, 3.05) is 32.7 Å². The number of aromatic nitrogens is 2. The first-order chi connectivity index (χ1) is 13.2. The van der Waals surface area contributed by atoms with Crippen LogP contribution >= 0.6 is 0 Å². The highest BCUT2D eigenvalue weighted by Gasteiger charge is 2.20. The van der Waals surface area contributed by atoms with Crippen molar-refractivity contribution >= 4 is 0 Å². The molecule has 1 fully saturated rings. The van der Waals surface area contributed by atoms with E-state index in [0.29, 0.717) is 18.7 Å². The summed E-state index contributed by atoms with van der Waals surface area (Å²) in [5.74, 6) is -0.779. The zero-order chi connectivity index (χ0) is 20.3. The Bertz CT molecular complexity index is 867. The van der Waals surface area contributed by atoms with Gasteiger partial charge in [0.05, 0.1) is 12.2 Å². The summed E-state index contributed by atoms with van der Waals surface area (Å²) >= 11 is 0. The molecule has 0 unspecified atom stereocenters. The maximum Gasteiger partial charge on any atom is 0.266 e. The van der Waals surface area contributed by atoms with Gasteiger partial charge >= 0.3 is 0 Å². The molecular formula is C21H28F2N4O. The first-order valence-electron chi connectivity index (χ1n) is 9.70. The van der Waals surface area contributed by atoms with E-state index < -0.39 is 5.82 Å². The lowest BCUT2D eigenvalue weighted by Gasteiger charge is -2.34. The van der Waals surface area contributed by atoms with Crippen LogP contribution in [0.5, 0.6) is 0 Å². The lowest BCUT2D eigenvalue weighted by molar-refractivity contribution is 0.121. The van der Waals surface area contributed by atoms with E-state index in [-0.39, 0.29) is 16.8 Å². The molecule has 2 heterocycles. The van der Waals surface area contributed by atoms with Gasteiger partial charge in [-0.25, -0.2) is 13.5 Å². The third-order valence-electron chi connectivity index (χ3n) is 5.13. The monoisotopic (exact) mass is 390 g/mol. The molecule has 0 spiro atoms. The van der Waals surface area contributed by atoms with Crippen LogP contribution in [0.25, 0.3) is 0 Å². The lowest BCUT2D eigenvalue weighted by Crippen LogP contribution is -2.47. The van der Waals surface area contributed by atoms with E-state index in [1.165, 1.54) is 16.8 Å². The van der Waals surface area contributed by atoms with E-state index in [4.69, 9.17) is 0 Å². The summed E-state index contributed by atoms with van der Waals surface area (Å²) in [4.78, 5) is 16.5. The van der Waals surface area contributed by atoms with Crippen molar-refractivity contribution < 1.29 is 8.78 Å². The molecule has 1 aliphatic rings. The Hall–Kier alpha value is -2.12. The summed E-state index contributed by atoms with van der Waals surface area (Å²) in [6.07, 6.45) is 0. The Balaban J connectivity index is 1.52. The maximum atomic E-state index is 13.8. The van der Waals surface area contributed by atoms with Crippen LogP contribution in [0.2, 0.25) is 0 Å². The predicted molar refractivity (Wildman–Crippen MR) is 105 cm³/mol. The Morgan fingerprint density at radius 3 is 2.32 bits per heavy atom. The first kappa shape index (κ1) is 20.6. The third kappa shape index (κ3) is 5.23. The second-order valence-corrected chi connectivity index (χ2v) is 8.38. The number of hydrogen-bond acceptors (Lipinski definition) is 4. The third-order valence-corrected chi connectivity index (χ3v) is 5.13. The molecule has 0 amide bonds. The molecule has 0 atom stereocenters. The normalized spacial score (nSPS) is 16.5. The molecule has 0 radical (unpaired) electrons. The fraction of sp³-hybridized carbons (Fsp3) is 0.524. The summed E-state index contributed by atoms with van der Waals surface area (Å²) < 4.78 is 28.7. The molecule has 28 heavy (non-hydrogen) atoms. The molecule has 5 nitrogen and oxygen atoms in total. The van der Waals surface area contributed by atoms with E-state index in [0.717, 1.165) is 44.5 Å². The average Bonchev–Trinajstić information content (AvgIpc) is 2.64. The minimum absolute atomic E-state index is 0.0896. The molecule has 1 aromatic heterocycles. The van der Waals surface area contributed by atoms with Crippen molar-refractivity contribution in [3.05, 3.63) is 63.6 Å². The average molecular weight is 390 g/mol. The zero-order valence-electron chi connectivity index (χ0n) is 16.8. The quantitative estimate of drug-likeness (QED) is 0.787. The summed E-state index contributed by atoms with van der Waals surface area (Å²) in [5.41, 5.74) is 1.10. The van der Waals surface area contributed by atoms with Crippen LogP contribution in [0.3, 0.4) is 0 Å². The first-order valence-corrected chi connectivity index (χ1v) is 9.70. The molecule has 0 saturated carbocycles. The minimum Gasteiger partial charge on any atom is -0.299 e. The topological polar surface area (TPSA) is 41.4 Å². The summed E-state index contributed by atoms with van der Waals surface area (Å²) in [6.45, 7) is 11.1. The van der Waals surface area contributed by atoms with Gasteiger partial charge in [-0.3, -0.25) is 14.6 Å². The molecule has 1 aliphatic heterocycles. The van der Waals surface area contributed by atoms with Crippen LogP contribution in [0.1, 0.15) is 32.0 Å². The summed E-state index contributed by atoms with van der Waals surface area (Å²) in [6, 6.07) is 6.96. The van der Waals surface area contributed by atoms with Crippen molar-refractivity contribution in [2.24, 2.45) is 0 Å². The Morgan fingerprint density at radius 1 is 0.964 bits per heavy atom. The molecule has 0 N–H and O–H groups in total. The zero-order valence-corrected chi connectivity index (χ0v) is 16.8. The molecule has 1 saturated heterocycles. The molecular weight excluding hydrogens is 362 g/mol. The van der Waals surface area contributed by atoms with Gasteiger partial charge in [0.25, 0.3) is 5.56 Å². The highest BCUT2D eigenvalue weighted by Crippen LogP contribution is 2.18. The van der Waals surface area contributed by atoms with E-state index in [2.05, 4.69) is 35.7 Å². The SMILES string of the molecule is CC(C)(C)c1ccc(=O)n(CCN2CCN(Cc3cc(F)ccc3F)CC2)n1. The van der Waals surface area contributed by atoms with Crippen molar-refractivity contribution in [3.63, 3.8) is 0 Å². The van der Waals surface area contributed by atoms with Gasteiger partial charge in [-0.05, 0) is 24.3 Å². The van der Waals surface area contributed by atoms with Gasteiger partial charge in [0.15, 0.2) is 0 Å². The molecule has 1 aromatic carbocycles. The Labute approximate surface area is 164 Å². The van der Waals surface area contributed by atoms with Gasteiger partial charge in [0.2, 0.25) is 0 Å². The minimum atomic E-state index is -0.412. The van der Waals surface area contributed by atoms with Gasteiger partial charge < -0.3 is 0 Å². The molecule has 2 aromatic rings. The fourth-order valence-corrected chi connectivity index (χ4v) is 3.32. The largest absolute Gasteiger partial charge is 0.299 e. The highest BCUT2D eigenvalue weighted by atomic mass is 19.1. The van der Waals surface area contributed by atoms with Gasteiger partial charge in [0, 0.05) is 56.3 Å². The number of halogens is 2. The van der Waals surface area contributed by atoms with Crippen LogP contribution in [0, 0.1) is 11.6 Å². The van der Waals surface area contributed by atoms with E-state index >= 15 is 0 Å². The molecule has 0 aliphatic carbocycles.